The van der Waals surface area contributed by atoms with Gasteiger partial charge in [0.2, 0.25) is 0 Å². The predicted molar refractivity (Wildman–Crippen MR) is 61.6 cm³/mol. The molecule has 4 N–H and O–H groups in total. The number of carbonyl (C=O) groups is 1. The third-order valence-electron chi connectivity index (χ3n) is 2.19. The molecule has 0 radical (unpaired) electrons. The van der Waals surface area contributed by atoms with E-state index >= 15 is 0 Å². The van der Waals surface area contributed by atoms with Crippen molar-refractivity contribution in [2.24, 2.45) is 5.73 Å². The number of aliphatic carboxylic acids is 1. The van der Waals surface area contributed by atoms with Gasteiger partial charge >= 0.3 is 5.97 Å². The summed E-state index contributed by atoms with van der Waals surface area (Å²) >= 11 is 3.03. The van der Waals surface area contributed by atoms with Crippen LogP contribution >= 0.6 is 15.9 Å². The number of benzene rings is 1. The highest BCUT2D eigenvalue weighted by Gasteiger charge is 2.22. The number of phenolic OH excluding ortho intramolecular Hbond substituents is 1. The first-order chi connectivity index (χ1) is 7.88. The maximum atomic E-state index is 13.9. The van der Waals surface area contributed by atoms with Crippen molar-refractivity contribution in [3.8, 4) is 11.5 Å². The van der Waals surface area contributed by atoms with Gasteiger partial charge in [0.1, 0.15) is 6.04 Å². The van der Waals surface area contributed by atoms with Gasteiger partial charge in [-0.2, -0.15) is 0 Å². The van der Waals surface area contributed by atoms with Crippen molar-refractivity contribution >= 4 is 21.9 Å². The first kappa shape index (κ1) is 13.7. The molecule has 94 valence electrons. The summed E-state index contributed by atoms with van der Waals surface area (Å²) in [5.41, 5.74) is 5.38. The van der Waals surface area contributed by atoms with Crippen LogP contribution in [0.5, 0.6) is 11.5 Å². The molecule has 0 aliphatic carbocycles. The molecule has 0 fully saturated rings. The number of aromatic hydroxyl groups is 1. The molecule has 0 spiro atoms. The first-order valence-electron chi connectivity index (χ1n) is 4.60. The van der Waals surface area contributed by atoms with Crippen LogP contribution in [-0.2, 0) is 11.2 Å². The third-order valence-corrected chi connectivity index (χ3v) is 2.90. The summed E-state index contributed by atoms with van der Waals surface area (Å²) in [6, 6.07) is 0.00119. The molecule has 1 atom stereocenters. The minimum Gasteiger partial charge on any atom is -0.504 e. The van der Waals surface area contributed by atoms with Crippen molar-refractivity contribution < 1.29 is 24.1 Å². The number of carboxylic acid groups (broad SMARTS) is 1. The molecule has 1 unspecified atom stereocenters. The fourth-order valence-electron chi connectivity index (χ4n) is 1.32. The van der Waals surface area contributed by atoms with Crippen LogP contribution in [0.25, 0.3) is 0 Å². The maximum absolute atomic E-state index is 13.9. The summed E-state index contributed by atoms with van der Waals surface area (Å²) in [7, 11) is 1.20. The Bertz CT molecular complexity index is 452. The molecule has 0 heterocycles. The highest BCUT2D eigenvalue weighted by Crippen LogP contribution is 2.36. The smallest absolute Gasteiger partial charge is 0.320 e. The Hall–Kier alpha value is -1.34. The van der Waals surface area contributed by atoms with Crippen LogP contribution in [0.15, 0.2) is 10.5 Å². The molecule has 0 aromatic heterocycles. The second-order valence-corrected chi connectivity index (χ2v) is 4.21. The van der Waals surface area contributed by atoms with Gasteiger partial charge in [-0.05, 0) is 6.07 Å². The molecule has 17 heavy (non-hydrogen) atoms. The van der Waals surface area contributed by atoms with E-state index in [1.165, 1.54) is 13.2 Å². The lowest BCUT2D eigenvalue weighted by Gasteiger charge is -2.13. The molecule has 5 nitrogen and oxygen atoms in total. The third kappa shape index (κ3) is 2.86. The van der Waals surface area contributed by atoms with E-state index in [4.69, 9.17) is 10.8 Å². The molecule has 0 saturated carbocycles. The number of halogens is 2. The predicted octanol–water partition coefficient (Wildman–Crippen LogP) is 1.26. The Kier molecular flexibility index (Phi) is 4.30. The highest BCUT2D eigenvalue weighted by atomic mass is 79.9. The molecule has 0 bridgehead atoms. The van der Waals surface area contributed by atoms with Gasteiger partial charge in [-0.3, -0.25) is 4.79 Å². The van der Waals surface area contributed by atoms with Gasteiger partial charge in [0.05, 0.1) is 7.11 Å². The van der Waals surface area contributed by atoms with Crippen LogP contribution in [0, 0.1) is 5.82 Å². The fourth-order valence-corrected chi connectivity index (χ4v) is 1.87. The number of hydrogen-bond donors (Lipinski definition) is 3. The van der Waals surface area contributed by atoms with E-state index in [1.807, 2.05) is 0 Å². The lowest BCUT2D eigenvalue weighted by Crippen LogP contribution is -2.32. The minimum absolute atomic E-state index is 0.0505. The normalized spacial score (nSPS) is 12.2. The SMILES string of the molecule is COc1c(O)cc(Br)c(CC(N)C(=O)O)c1F. The Morgan fingerprint density at radius 1 is 1.71 bits per heavy atom. The Balaban J connectivity index is 3.20. The quantitative estimate of drug-likeness (QED) is 0.778. The lowest BCUT2D eigenvalue weighted by molar-refractivity contribution is -0.138. The number of rotatable bonds is 4. The van der Waals surface area contributed by atoms with Gasteiger partial charge in [0.15, 0.2) is 17.3 Å². The van der Waals surface area contributed by atoms with Gasteiger partial charge in [-0.15, -0.1) is 0 Å². The van der Waals surface area contributed by atoms with E-state index in [-0.39, 0.29) is 28.0 Å². The molecule has 0 aliphatic heterocycles. The van der Waals surface area contributed by atoms with Gasteiger partial charge < -0.3 is 20.7 Å². The number of methoxy groups -OCH3 is 1. The van der Waals surface area contributed by atoms with Gasteiger partial charge in [-0.25, -0.2) is 4.39 Å². The molecule has 0 amide bonds. The lowest BCUT2D eigenvalue weighted by atomic mass is 10.1. The van der Waals surface area contributed by atoms with Gasteiger partial charge in [0, 0.05) is 16.5 Å². The van der Waals surface area contributed by atoms with Crippen LogP contribution in [-0.4, -0.2) is 29.3 Å². The zero-order valence-electron chi connectivity index (χ0n) is 8.91. The van der Waals surface area contributed by atoms with Crippen LogP contribution in [0.2, 0.25) is 0 Å². The molecule has 0 saturated heterocycles. The summed E-state index contributed by atoms with van der Waals surface area (Å²) in [4.78, 5) is 10.6. The maximum Gasteiger partial charge on any atom is 0.320 e. The van der Waals surface area contributed by atoms with E-state index in [1.54, 1.807) is 0 Å². The number of phenols is 1. The minimum atomic E-state index is -1.23. The molecule has 0 aliphatic rings. The Morgan fingerprint density at radius 3 is 2.76 bits per heavy atom. The number of ether oxygens (including phenoxy) is 1. The average Bonchev–Trinajstić information content (AvgIpc) is 2.24. The molecule has 7 heteroatoms. The standard InChI is InChI=1S/C10H11BrFNO4/c1-17-9-7(14)3-5(11)4(8(9)12)2-6(13)10(15)16/h3,6,14H,2,13H2,1H3,(H,15,16). The summed E-state index contributed by atoms with van der Waals surface area (Å²) in [6.07, 6.45) is -0.210. The monoisotopic (exact) mass is 307 g/mol. The summed E-state index contributed by atoms with van der Waals surface area (Å²) in [5.74, 6) is -2.76. The number of hydrogen-bond acceptors (Lipinski definition) is 4. The molecular weight excluding hydrogens is 297 g/mol. The largest absolute Gasteiger partial charge is 0.504 e. The zero-order chi connectivity index (χ0) is 13.2. The van der Waals surface area contributed by atoms with E-state index in [0.29, 0.717) is 0 Å². The van der Waals surface area contributed by atoms with Crippen LogP contribution in [0.1, 0.15) is 5.56 Å². The summed E-state index contributed by atoms with van der Waals surface area (Å²) in [6.45, 7) is 0. The van der Waals surface area contributed by atoms with E-state index < -0.39 is 17.8 Å². The van der Waals surface area contributed by atoms with Gasteiger partial charge in [0.25, 0.3) is 0 Å². The van der Waals surface area contributed by atoms with Crippen molar-refractivity contribution in [1.82, 2.24) is 0 Å². The van der Waals surface area contributed by atoms with Gasteiger partial charge in [-0.1, -0.05) is 15.9 Å². The second-order valence-electron chi connectivity index (χ2n) is 3.35. The van der Waals surface area contributed by atoms with Crippen LogP contribution < -0.4 is 10.5 Å². The number of carboxylic acids is 1. The summed E-state index contributed by atoms with van der Waals surface area (Å²) in [5, 5.41) is 18.1. The molecule has 1 rings (SSSR count). The summed E-state index contributed by atoms with van der Waals surface area (Å²) < 4.78 is 18.8. The van der Waals surface area contributed by atoms with Crippen LogP contribution in [0.3, 0.4) is 0 Å². The van der Waals surface area contributed by atoms with E-state index in [2.05, 4.69) is 20.7 Å². The van der Waals surface area contributed by atoms with E-state index in [9.17, 15) is 14.3 Å². The fraction of sp³-hybridized carbons (Fsp3) is 0.300. The van der Waals surface area contributed by atoms with Crippen molar-refractivity contribution in [2.75, 3.05) is 7.11 Å². The van der Waals surface area contributed by atoms with Crippen molar-refractivity contribution in [3.63, 3.8) is 0 Å². The first-order valence-corrected chi connectivity index (χ1v) is 5.40. The Labute approximate surface area is 105 Å². The van der Waals surface area contributed by atoms with Crippen molar-refractivity contribution in [2.45, 2.75) is 12.5 Å². The van der Waals surface area contributed by atoms with Crippen LogP contribution in [0.4, 0.5) is 4.39 Å². The van der Waals surface area contributed by atoms with Crippen molar-refractivity contribution in [3.05, 3.63) is 21.9 Å². The zero-order valence-corrected chi connectivity index (χ0v) is 10.5. The number of nitrogens with two attached hydrogens (primary N) is 1. The second kappa shape index (κ2) is 5.33. The molecular formula is C10H11BrFNO4. The Morgan fingerprint density at radius 2 is 2.29 bits per heavy atom. The topological polar surface area (TPSA) is 92.8 Å². The van der Waals surface area contributed by atoms with Crippen molar-refractivity contribution in [1.29, 1.82) is 0 Å². The highest BCUT2D eigenvalue weighted by molar-refractivity contribution is 9.10. The average molecular weight is 308 g/mol. The molecule has 1 aromatic carbocycles. The molecule has 1 aromatic rings. The van der Waals surface area contributed by atoms with E-state index in [0.717, 1.165) is 0 Å².